The number of hydrogen-bond donors (Lipinski definition) is 1. The van der Waals surface area contributed by atoms with Crippen molar-refractivity contribution in [3.63, 3.8) is 0 Å². The number of benzene rings is 1. The largest absolute Gasteiger partial charge is 0.396 e. The van der Waals surface area contributed by atoms with Gasteiger partial charge in [-0.25, -0.2) is 0 Å². The molecule has 3 heteroatoms. The van der Waals surface area contributed by atoms with Crippen molar-refractivity contribution >= 4 is 0 Å². The zero-order chi connectivity index (χ0) is 12.1. The number of hydrogen-bond acceptors (Lipinski definition) is 3. The van der Waals surface area contributed by atoms with Crippen molar-refractivity contribution in [1.29, 1.82) is 5.26 Å². The molecule has 1 saturated heterocycles. The predicted molar refractivity (Wildman–Crippen MR) is 66.2 cm³/mol. The SMILES string of the molecule is N#Cc1ccc(CN2CCC(CO)CC2)cc1. The Labute approximate surface area is 102 Å². The summed E-state index contributed by atoms with van der Waals surface area (Å²) < 4.78 is 0. The van der Waals surface area contributed by atoms with E-state index in [4.69, 9.17) is 10.4 Å². The summed E-state index contributed by atoms with van der Waals surface area (Å²) >= 11 is 0. The maximum Gasteiger partial charge on any atom is 0.0991 e. The van der Waals surface area contributed by atoms with Gasteiger partial charge in [-0.1, -0.05) is 12.1 Å². The van der Waals surface area contributed by atoms with E-state index in [0.717, 1.165) is 32.5 Å². The molecule has 0 aromatic heterocycles. The zero-order valence-corrected chi connectivity index (χ0v) is 9.97. The molecule has 0 amide bonds. The number of rotatable bonds is 3. The number of nitriles is 1. The molecule has 0 bridgehead atoms. The van der Waals surface area contributed by atoms with Gasteiger partial charge in [-0.2, -0.15) is 5.26 Å². The molecule has 1 heterocycles. The molecule has 0 radical (unpaired) electrons. The standard InChI is InChI=1S/C14H18N2O/c15-9-12-1-3-13(4-2-12)10-16-7-5-14(11-17)6-8-16/h1-4,14,17H,5-8,10-11H2. The molecule has 1 fully saturated rings. The van der Waals surface area contributed by atoms with Crippen molar-refractivity contribution in [2.24, 2.45) is 5.92 Å². The lowest BCUT2D eigenvalue weighted by Gasteiger charge is -2.31. The van der Waals surface area contributed by atoms with Gasteiger partial charge in [0.05, 0.1) is 11.6 Å². The summed E-state index contributed by atoms with van der Waals surface area (Å²) in [6, 6.07) is 9.92. The summed E-state index contributed by atoms with van der Waals surface area (Å²) in [7, 11) is 0. The van der Waals surface area contributed by atoms with Gasteiger partial charge in [-0.3, -0.25) is 4.90 Å². The predicted octanol–water partition coefficient (Wildman–Crippen LogP) is 1.76. The molecule has 90 valence electrons. The van der Waals surface area contributed by atoms with Gasteiger partial charge in [0.1, 0.15) is 0 Å². The Bertz CT molecular complexity index is 386. The molecule has 17 heavy (non-hydrogen) atoms. The smallest absolute Gasteiger partial charge is 0.0991 e. The van der Waals surface area contributed by atoms with E-state index in [0.29, 0.717) is 18.1 Å². The first-order valence-corrected chi connectivity index (χ1v) is 6.14. The molecular weight excluding hydrogens is 212 g/mol. The van der Waals surface area contributed by atoms with Crippen LogP contribution in [0.5, 0.6) is 0 Å². The van der Waals surface area contributed by atoms with Crippen molar-refractivity contribution < 1.29 is 5.11 Å². The minimum absolute atomic E-state index is 0.324. The van der Waals surface area contributed by atoms with E-state index in [9.17, 15) is 0 Å². The number of nitrogens with zero attached hydrogens (tertiary/aromatic N) is 2. The second-order valence-corrected chi connectivity index (χ2v) is 4.71. The highest BCUT2D eigenvalue weighted by Crippen LogP contribution is 2.18. The summed E-state index contributed by atoms with van der Waals surface area (Å²) in [6.07, 6.45) is 2.18. The minimum Gasteiger partial charge on any atom is -0.396 e. The van der Waals surface area contributed by atoms with E-state index in [1.165, 1.54) is 5.56 Å². The normalized spacial score (nSPS) is 17.9. The van der Waals surface area contributed by atoms with Gasteiger partial charge < -0.3 is 5.11 Å². The lowest BCUT2D eigenvalue weighted by Crippen LogP contribution is -2.34. The van der Waals surface area contributed by atoms with Gasteiger partial charge in [0.15, 0.2) is 0 Å². The van der Waals surface area contributed by atoms with Gasteiger partial charge in [-0.05, 0) is 49.5 Å². The van der Waals surface area contributed by atoms with E-state index in [-0.39, 0.29) is 0 Å². The molecule has 0 aliphatic carbocycles. The summed E-state index contributed by atoms with van der Waals surface area (Å²) in [6.45, 7) is 3.39. The molecule has 3 nitrogen and oxygen atoms in total. The van der Waals surface area contributed by atoms with Crippen molar-refractivity contribution in [2.45, 2.75) is 19.4 Å². The van der Waals surface area contributed by atoms with E-state index in [1.807, 2.05) is 24.3 Å². The maximum atomic E-state index is 9.08. The fourth-order valence-electron chi connectivity index (χ4n) is 2.27. The number of piperidine rings is 1. The molecule has 1 aromatic carbocycles. The highest BCUT2D eigenvalue weighted by molar-refractivity contribution is 5.31. The Morgan fingerprint density at radius 3 is 2.41 bits per heavy atom. The third-order valence-electron chi connectivity index (χ3n) is 3.45. The Hall–Kier alpha value is -1.37. The maximum absolute atomic E-state index is 9.08. The average Bonchev–Trinajstić information content (AvgIpc) is 2.40. The molecule has 0 unspecified atom stereocenters. The third-order valence-corrected chi connectivity index (χ3v) is 3.45. The number of aliphatic hydroxyl groups is 1. The van der Waals surface area contributed by atoms with Crippen LogP contribution >= 0.6 is 0 Å². The Balaban J connectivity index is 1.87. The Morgan fingerprint density at radius 2 is 1.88 bits per heavy atom. The van der Waals surface area contributed by atoms with Crippen molar-refractivity contribution in [3.05, 3.63) is 35.4 Å². The summed E-state index contributed by atoms with van der Waals surface area (Å²) in [5, 5.41) is 17.8. The van der Waals surface area contributed by atoms with Crippen molar-refractivity contribution in [2.75, 3.05) is 19.7 Å². The Morgan fingerprint density at radius 1 is 1.24 bits per heavy atom. The lowest BCUT2D eigenvalue weighted by molar-refractivity contribution is 0.127. The van der Waals surface area contributed by atoms with Crippen molar-refractivity contribution in [3.8, 4) is 6.07 Å². The molecule has 1 N–H and O–H groups in total. The molecule has 1 aromatic rings. The monoisotopic (exact) mass is 230 g/mol. The topological polar surface area (TPSA) is 47.3 Å². The van der Waals surface area contributed by atoms with Gasteiger partial charge in [-0.15, -0.1) is 0 Å². The quantitative estimate of drug-likeness (QED) is 0.860. The lowest BCUT2D eigenvalue weighted by atomic mass is 9.97. The first-order valence-electron chi connectivity index (χ1n) is 6.14. The van der Waals surface area contributed by atoms with E-state index in [2.05, 4.69) is 11.0 Å². The molecule has 0 spiro atoms. The first-order chi connectivity index (χ1) is 8.31. The van der Waals surface area contributed by atoms with Crippen LogP contribution in [-0.2, 0) is 6.54 Å². The Kier molecular flexibility index (Phi) is 4.13. The summed E-state index contributed by atoms with van der Waals surface area (Å²) in [5.74, 6) is 0.493. The molecular formula is C14H18N2O. The van der Waals surface area contributed by atoms with Crippen LogP contribution < -0.4 is 0 Å². The van der Waals surface area contributed by atoms with Crippen molar-refractivity contribution in [1.82, 2.24) is 4.90 Å². The number of aliphatic hydroxyl groups excluding tert-OH is 1. The van der Waals surface area contributed by atoms with Crippen LogP contribution in [0, 0.1) is 17.2 Å². The highest BCUT2D eigenvalue weighted by atomic mass is 16.3. The highest BCUT2D eigenvalue weighted by Gasteiger charge is 2.18. The van der Waals surface area contributed by atoms with Crippen LogP contribution in [0.25, 0.3) is 0 Å². The molecule has 0 atom stereocenters. The van der Waals surface area contributed by atoms with Gasteiger partial charge in [0, 0.05) is 13.2 Å². The summed E-state index contributed by atoms with van der Waals surface area (Å²) in [5.41, 5.74) is 1.97. The van der Waals surface area contributed by atoms with Crippen LogP contribution in [0.1, 0.15) is 24.0 Å². The minimum atomic E-state index is 0.324. The van der Waals surface area contributed by atoms with E-state index < -0.39 is 0 Å². The summed E-state index contributed by atoms with van der Waals surface area (Å²) in [4.78, 5) is 2.41. The van der Waals surface area contributed by atoms with Crippen LogP contribution in [0.15, 0.2) is 24.3 Å². The fourth-order valence-corrected chi connectivity index (χ4v) is 2.27. The van der Waals surface area contributed by atoms with Crippen LogP contribution in [0.4, 0.5) is 0 Å². The van der Waals surface area contributed by atoms with Gasteiger partial charge in [0.25, 0.3) is 0 Å². The average molecular weight is 230 g/mol. The third kappa shape index (κ3) is 3.29. The van der Waals surface area contributed by atoms with Crippen LogP contribution in [0.3, 0.4) is 0 Å². The zero-order valence-electron chi connectivity index (χ0n) is 9.97. The fraction of sp³-hybridized carbons (Fsp3) is 0.500. The van der Waals surface area contributed by atoms with E-state index >= 15 is 0 Å². The van der Waals surface area contributed by atoms with Crippen LogP contribution in [-0.4, -0.2) is 29.7 Å². The molecule has 1 aliphatic rings. The van der Waals surface area contributed by atoms with E-state index in [1.54, 1.807) is 0 Å². The second-order valence-electron chi connectivity index (χ2n) is 4.71. The first kappa shape index (κ1) is 12.1. The molecule has 0 saturated carbocycles. The molecule has 1 aliphatic heterocycles. The second kappa shape index (κ2) is 5.81. The van der Waals surface area contributed by atoms with Gasteiger partial charge in [0.2, 0.25) is 0 Å². The van der Waals surface area contributed by atoms with Crippen LogP contribution in [0.2, 0.25) is 0 Å². The molecule has 2 rings (SSSR count). The van der Waals surface area contributed by atoms with Gasteiger partial charge >= 0.3 is 0 Å². The number of likely N-dealkylation sites (tertiary alicyclic amines) is 1.